The molecule has 1 saturated heterocycles. The molecule has 9 nitrogen and oxygen atoms in total. The Kier molecular flexibility index (Phi) is 7.58. The lowest BCUT2D eigenvalue weighted by Crippen LogP contribution is -2.39. The van der Waals surface area contributed by atoms with Crippen LogP contribution in [0.4, 0.5) is 0 Å². The number of fused-ring (bicyclic) bond motifs is 1. The van der Waals surface area contributed by atoms with Crippen LogP contribution >= 0.6 is 0 Å². The quantitative estimate of drug-likeness (QED) is 0.257. The number of para-hydroxylation sites is 3. The molecule has 0 bridgehead atoms. The predicted octanol–water partition coefficient (Wildman–Crippen LogP) is 5.58. The fraction of sp³-hybridized carbons (Fsp3) is 0.281. The number of ether oxygens (including phenoxy) is 3. The number of carbonyl (C=O) groups excluding carboxylic acids is 1. The molecule has 6 rings (SSSR count). The standard InChI is InChI=1S/C32H33N5O4/c1-39-24-12-13-30(40-2)25(18-24)27-19-28(35-34-27)32(38)36-16-14-22(15-17-36)20-37-29-11-7-6-10-26(29)33-31(37)21-41-23-8-4-3-5-9-23/h3-13,18-19,22H,14-17,20-21H2,1-2H3,(H,34,35). The van der Waals surface area contributed by atoms with Gasteiger partial charge in [0.1, 0.15) is 35.4 Å². The van der Waals surface area contributed by atoms with Crippen LogP contribution in [0.2, 0.25) is 0 Å². The number of nitrogens with one attached hydrogen (secondary N) is 1. The summed E-state index contributed by atoms with van der Waals surface area (Å²) in [6.45, 7) is 2.60. The van der Waals surface area contributed by atoms with Crippen molar-refractivity contribution in [2.45, 2.75) is 26.0 Å². The highest BCUT2D eigenvalue weighted by atomic mass is 16.5. The Balaban J connectivity index is 1.12. The molecule has 1 fully saturated rings. The van der Waals surface area contributed by atoms with Crippen molar-refractivity contribution in [1.82, 2.24) is 24.6 Å². The smallest absolute Gasteiger partial charge is 0.271 e. The van der Waals surface area contributed by atoms with Gasteiger partial charge in [-0.1, -0.05) is 30.3 Å². The average molecular weight is 552 g/mol. The Bertz CT molecular complexity index is 1640. The SMILES string of the molecule is COc1ccc(OC)c(-c2cc(C(=O)N3CCC(Cn4c(COc5ccccc5)nc5ccccc54)CC3)[nH]n2)c1. The summed E-state index contributed by atoms with van der Waals surface area (Å²) in [5.74, 6) is 3.47. The van der Waals surface area contributed by atoms with Gasteiger partial charge in [-0.3, -0.25) is 9.89 Å². The lowest BCUT2D eigenvalue weighted by atomic mass is 9.96. The van der Waals surface area contributed by atoms with Gasteiger partial charge < -0.3 is 23.7 Å². The van der Waals surface area contributed by atoms with Crippen LogP contribution in [0.1, 0.15) is 29.2 Å². The molecule has 9 heteroatoms. The van der Waals surface area contributed by atoms with E-state index in [0.717, 1.165) is 47.6 Å². The summed E-state index contributed by atoms with van der Waals surface area (Å²) in [4.78, 5) is 20.1. The number of methoxy groups -OCH3 is 2. The molecule has 1 N–H and O–H groups in total. The summed E-state index contributed by atoms with van der Waals surface area (Å²) >= 11 is 0. The molecule has 3 heterocycles. The molecule has 0 unspecified atom stereocenters. The summed E-state index contributed by atoms with van der Waals surface area (Å²) in [6.07, 6.45) is 1.81. The number of benzene rings is 3. The molecule has 41 heavy (non-hydrogen) atoms. The highest BCUT2D eigenvalue weighted by molar-refractivity contribution is 5.93. The van der Waals surface area contributed by atoms with Crippen molar-refractivity contribution in [1.29, 1.82) is 0 Å². The number of aromatic nitrogens is 4. The van der Waals surface area contributed by atoms with Gasteiger partial charge in [0.2, 0.25) is 0 Å². The second-order valence-electron chi connectivity index (χ2n) is 10.2. The normalized spacial score (nSPS) is 13.9. The van der Waals surface area contributed by atoms with E-state index in [9.17, 15) is 4.79 Å². The molecule has 0 radical (unpaired) electrons. The summed E-state index contributed by atoms with van der Waals surface area (Å²) in [7, 11) is 3.23. The molecule has 1 aliphatic rings. The lowest BCUT2D eigenvalue weighted by Gasteiger charge is -2.32. The van der Waals surface area contributed by atoms with Crippen molar-refractivity contribution in [2.24, 2.45) is 5.92 Å². The van der Waals surface area contributed by atoms with E-state index in [1.54, 1.807) is 20.3 Å². The third kappa shape index (κ3) is 5.61. The first-order valence-corrected chi connectivity index (χ1v) is 13.8. The number of imidazole rings is 1. The second kappa shape index (κ2) is 11.8. The van der Waals surface area contributed by atoms with Crippen LogP contribution in [-0.2, 0) is 13.2 Å². The van der Waals surface area contributed by atoms with Crippen molar-refractivity contribution in [3.8, 4) is 28.5 Å². The number of H-pyrrole nitrogens is 1. The molecule has 2 aromatic heterocycles. The maximum absolute atomic E-state index is 13.4. The molecule has 210 valence electrons. The van der Waals surface area contributed by atoms with Crippen LogP contribution < -0.4 is 14.2 Å². The van der Waals surface area contributed by atoms with E-state index in [4.69, 9.17) is 19.2 Å². The minimum Gasteiger partial charge on any atom is -0.497 e. The minimum atomic E-state index is -0.0471. The van der Waals surface area contributed by atoms with Gasteiger partial charge >= 0.3 is 0 Å². The maximum Gasteiger partial charge on any atom is 0.271 e. The van der Waals surface area contributed by atoms with Crippen LogP contribution in [0.5, 0.6) is 17.2 Å². The van der Waals surface area contributed by atoms with E-state index in [-0.39, 0.29) is 5.91 Å². The maximum atomic E-state index is 13.4. The highest BCUT2D eigenvalue weighted by Crippen LogP contribution is 2.33. The first kappa shape index (κ1) is 26.4. The van der Waals surface area contributed by atoms with E-state index < -0.39 is 0 Å². The van der Waals surface area contributed by atoms with E-state index in [1.165, 1.54) is 0 Å². The number of hydrogen-bond acceptors (Lipinski definition) is 6. The first-order chi connectivity index (χ1) is 20.1. The van der Waals surface area contributed by atoms with E-state index in [1.807, 2.05) is 71.6 Å². The number of aromatic amines is 1. The number of amides is 1. The fourth-order valence-electron chi connectivity index (χ4n) is 5.43. The average Bonchev–Trinajstić information content (AvgIpc) is 3.66. The van der Waals surface area contributed by atoms with Gasteiger partial charge in [-0.05, 0) is 67.3 Å². The van der Waals surface area contributed by atoms with Crippen molar-refractivity contribution in [3.05, 3.63) is 90.4 Å². The largest absolute Gasteiger partial charge is 0.497 e. The molecule has 0 atom stereocenters. The third-order valence-corrected chi connectivity index (χ3v) is 7.68. The molecule has 1 amide bonds. The van der Waals surface area contributed by atoms with Gasteiger partial charge in [0.05, 0.1) is 30.9 Å². The van der Waals surface area contributed by atoms with Crippen LogP contribution in [0.3, 0.4) is 0 Å². The summed E-state index contributed by atoms with van der Waals surface area (Å²) in [5, 5.41) is 7.33. The molecule has 1 aliphatic heterocycles. The van der Waals surface area contributed by atoms with Gasteiger partial charge in [0.25, 0.3) is 5.91 Å². The molecule has 0 spiro atoms. The Morgan fingerprint density at radius 2 is 1.71 bits per heavy atom. The molecule has 3 aromatic carbocycles. The molecule has 5 aromatic rings. The van der Waals surface area contributed by atoms with Crippen LogP contribution in [0.15, 0.2) is 78.9 Å². The van der Waals surface area contributed by atoms with E-state index >= 15 is 0 Å². The molecular weight excluding hydrogens is 518 g/mol. The Labute approximate surface area is 238 Å². The molecule has 0 aliphatic carbocycles. The third-order valence-electron chi connectivity index (χ3n) is 7.68. The highest BCUT2D eigenvalue weighted by Gasteiger charge is 2.27. The van der Waals surface area contributed by atoms with E-state index in [0.29, 0.717) is 48.5 Å². The van der Waals surface area contributed by atoms with Gasteiger partial charge in [0, 0.05) is 25.2 Å². The minimum absolute atomic E-state index is 0.0471. The van der Waals surface area contributed by atoms with Gasteiger partial charge in [-0.15, -0.1) is 0 Å². The van der Waals surface area contributed by atoms with Crippen LogP contribution in [-0.4, -0.2) is 57.9 Å². The van der Waals surface area contributed by atoms with Gasteiger partial charge in [-0.2, -0.15) is 5.10 Å². The monoisotopic (exact) mass is 551 g/mol. The lowest BCUT2D eigenvalue weighted by molar-refractivity contribution is 0.0676. The summed E-state index contributed by atoms with van der Waals surface area (Å²) in [5.41, 5.74) is 3.94. The second-order valence-corrected chi connectivity index (χ2v) is 10.2. The van der Waals surface area contributed by atoms with E-state index in [2.05, 4.69) is 20.8 Å². The summed E-state index contributed by atoms with van der Waals surface area (Å²) < 4.78 is 19.2. The predicted molar refractivity (Wildman–Crippen MR) is 156 cm³/mol. The fourth-order valence-corrected chi connectivity index (χ4v) is 5.43. The number of piperidine rings is 1. The topological polar surface area (TPSA) is 94.5 Å². The van der Waals surface area contributed by atoms with Crippen molar-refractivity contribution >= 4 is 16.9 Å². The summed E-state index contributed by atoms with van der Waals surface area (Å²) in [6, 6.07) is 25.3. The number of carbonyl (C=O) groups is 1. The molecule has 0 saturated carbocycles. The number of nitrogens with zero attached hydrogens (tertiary/aromatic N) is 4. The zero-order valence-electron chi connectivity index (χ0n) is 23.2. The Morgan fingerprint density at radius 3 is 2.49 bits per heavy atom. The zero-order valence-corrected chi connectivity index (χ0v) is 23.2. The van der Waals surface area contributed by atoms with Crippen molar-refractivity contribution in [2.75, 3.05) is 27.3 Å². The van der Waals surface area contributed by atoms with Crippen LogP contribution in [0, 0.1) is 5.92 Å². The zero-order chi connectivity index (χ0) is 28.2. The first-order valence-electron chi connectivity index (χ1n) is 13.8. The van der Waals surface area contributed by atoms with Gasteiger partial charge in [0.15, 0.2) is 0 Å². The van der Waals surface area contributed by atoms with Crippen molar-refractivity contribution in [3.63, 3.8) is 0 Å². The van der Waals surface area contributed by atoms with Crippen molar-refractivity contribution < 1.29 is 19.0 Å². The van der Waals surface area contributed by atoms with Gasteiger partial charge in [-0.25, -0.2) is 4.98 Å². The van der Waals surface area contributed by atoms with Crippen LogP contribution in [0.25, 0.3) is 22.3 Å². The number of hydrogen-bond donors (Lipinski definition) is 1. The number of likely N-dealkylation sites (tertiary alicyclic amines) is 1. The molecular formula is C32H33N5O4. The number of rotatable bonds is 9. The Morgan fingerprint density at radius 1 is 0.927 bits per heavy atom. The Hall–Kier alpha value is -4.79.